The van der Waals surface area contributed by atoms with E-state index in [9.17, 15) is 21.6 Å². The van der Waals surface area contributed by atoms with Gasteiger partial charge in [-0.15, -0.1) is 0 Å². The Morgan fingerprint density at radius 1 is 1.46 bits per heavy atom. The van der Waals surface area contributed by atoms with Crippen molar-refractivity contribution < 1.29 is 26.2 Å². The van der Waals surface area contributed by atoms with Gasteiger partial charge in [0.25, 0.3) is 0 Å². The molecule has 2 rings (SSSR count). The van der Waals surface area contributed by atoms with Gasteiger partial charge in [-0.25, -0.2) is 16.8 Å². The SMILES string of the molecule is Cc1cc(N(CCC(=O)N(C)C2CCS(=O)(=O)C2)S(C)(=O)=O)no1. The normalized spacial score (nSPS) is 20.0. The fourth-order valence-corrected chi connectivity index (χ4v) is 5.20. The minimum Gasteiger partial charge on any atom is -0.360 e. The summed E-state index contributed by atoms with van der Waals surface area (Å²) in [4.78, 5) is 13.7. The molecule has 11 heteroatoms. The van der Waals surface area contributed by atoms with Gasteiger partial charge >= 0.3 is 0 Å². The molecule has 1 fully saturated rings. The third-order valence-electron chi connectivity index (χ3n) is 3.95. The van der Waals surface area contributed by atoms with Crippen molar-refractivity contribution in [3.63, 3.8) is 0 Å². The van der Waals surface area contributed by atoms with Crippen LogP contribution in [0.3, 0.4) is 0 Å². The minimum atomic E-state index is -3.62. The van der Waals surface area contributed by atoms with Gasteiger partial charge in [-0.2, -0.15) is 0 Å². The van der Waals surface area contributed by atoms with Gasteiger partial charge in [0.05, 0.1) is 17.8 Å². The number of carbonyl (C=O) groups is 1. The van der Waals surface area contributed by atoms with E-state index in [4.69, 9.17) is 4.52 Å². The highest BCUT2D eigenvalue weighted by atomic mass is 32.2. The van der Waals surface area contributed by atoms with E-state index in [1.54, 1.807) is 14.0 Å². The summed E-state index contributed by atoms with van der Waals surface area (Å²) in [6.45, 7) is 1.55. The molecule has 0 saturated carbocycles. The Hall–Kier alpha value is -1.62. The van der Waals surface area contributed by atoms with E-state index < -0.39 is 19.9 Å². The molecule has 1 aromatic rings. The zero-order valence-corrected chi connectivity index (χ0v) is 15.4. The molecule has 0 N–H and O–H groups in total. The highest BCUT2D eigenvalue weighted by molar-refractivity contribution is 7.92. The van der Waals surface area contributed by atoms with Crippen molar-refractivity contribution in [1.29, 1.82) is 0 Å². The van der Waals surface area contributed by atoms with Crippen LogP contribution in [0.25, 0.3) is 0 Å². The fourth-order valence-electron chi connectivity index (χ4n) is 2.58. The summed E-state index contributed by atoms with van der Waals surface area (Å²) in [5.74, 6) is 0.286. The number of nitrogens with zero attached hydrogens (tertiary/aromatic N) is 3. The molecule has 1 saturated heterocycles. The molecular weight excluding hydrogens is 358 g/mol. The highest BCUT2D eigenvalue weighted by Crippen LogP contribution is 2.20. The van der Waals surface area contributed by atoms with E-state index in [2.05, 4.69) is 5.16 Å². The molecule has 1 aliphatic rings. The Bertz CT molecular complexity index is 815. The number of hydrogen-bond donors (Lipinski definition) is 0. The highest BCUT2D eigenvalue weighted by Gasteiger charge is 2.33. The first-order valence-electron chi connectivity index (χ1n) is 7.37. The fraction of sp³-hybridized carbons (Fsp3) is 0.692. The lowest BCUT2D eigenvalue weighted by atomic mass is 10.2. The van der Waals surface area contributed by atoms with Crippen LogP contribution in [0, 0.1) is 6.92 Å². The summed E-state index contributed by atoms with van der Waals surface area (Å²) in [5, 5.41) is 3.67. The Labute approximate surface area is 141 Å². The maximum absolute atomic E-state index is 12.3. The third-order valence-corrected chi connectivity index (χ3v) is 6.87. The van der Waals surface area contributed by atoms with Crippen LogP contribution in [0.5, 0.6) is 0 Å². The lowest BCUT2D eigenvalue weighted by Gasteiger charge is -2.25. The van der Waals surface area contributed by atoms with Gasteiger partial charge in [-0.1, -0.05) is 5.16 Å². The number of sulfone groups is 1. The molecule has 0 aliphatic carbocycles. The first kappa shape index (κ1) is 18.7. The average Bonchev–Trinajstić information content (AvgIpc) is 3.02. The van der Waals surface area contributed by atoms with Crippen molar-refractivity contribution >= 4 is 31.6 Å². The van der Waals surface area contributed by atoms with E-state index in [-0.39, 0.29) is 42.2 Å². The lowest BCUT2D eigenvalue weighted by Crippen LogP contribution is -2.40. The van der Waals surface area contributed by atoms with Gasteiger partial charge < -0.3 is 9.42 Å². The maximum atomic E-state index is 12.3. The summed E-state index contributed by atoms with van der Waals surface area (Å²) in [7, 11) is -5.17. The van der Waals surface area contributed by atoms with Crippen molar-refractivity contribution in [3.05, 3.63) is 11.8 Å². The van der Waals surface area contributed by atoms with Crippen LogP contribution in [0.2, 0.25) is 0 Å². The van der Waals surface area contributed by atoms with Gasteiger partial charge in [0, 0.05) is 32.1 Å². The van der Waals surface area contributed by atoms with Crippen LogP contribution >= 0.6 is 0 Å². The zero-order valence-electron chi connectivity index (χ0n) is 13.8. The monoisotopic (exact) mass is 379 g/mol. The Morgan fingerprint density at radius 3 is 2.58 bits per heavy atom. The molecule has 0 bridgehead atoms. The number of hydrogen-bond acceptors (Lipinski definition) is 7. The van der Waals surface area contributed by atoms with Crippen molar-refractivity contribution in [3.8, 4) is 0 Å². The van der Waals surface area contributed by atoms with Crippen molar-refractivity contribution in [2.24, 2.45) is 0 Å². The van der Waals surface area contributed by atoms with Gasteiger partial charge in [-0.05, 0) is 13.3 Å². The second-order valence-corrected chi connectivity index (χ2v) is 10.1. The van der Waals surface area contributed by atoms with Gasteiger partial charge in [-0.3, -0.25) is 9.10 Å². The molecule has 1 aliphatic heterocycles. The molecule has 0 spiro atoms. The van der Waals surface area contributed by atoms with E-state index in [0.29, 0.717) is 12.2 Å². The van der Waals surface area contributed by atoms with E-state index in [1.807, 2.05) is 0 Å². The molecule has 1 amide bonds. The summed E-state index contributed by atoms with van der Waals surface area (Å²) in [5.41, 5.74) is 0. The van der Waals surface area contributed by atoms with Crippen LogP contribution < -0.4 is 4.31 Å². The largest absolute Gasteiger partial charge is 0.360 e. The molecular formula is C13H21N3O6S2. The molecule has 1 unspecified atom stereocenters. The standard InChI is InChI=1S/C13H21N3O6S2/c1-10-8-12(14-22-10)16(23(3,18)19)6-4-13(17)15(2)11-5-7-24(20,21)9-11/h8,11H,4-7,9H2,1-3H3. The van der Waals surface area contributed by atoms with E-state index in [0.717, 1.165) is 10.6 Å². The van der Waals surface area contributed by atoms with E-state index >= 15 is 0 Å². The van der Waals surface area contributed by atoms with Crippen LogP contribution in [0.15, 0.2) is 10.6 Å². The van der Waals surface area contributed by atoms with E-state index in [1.165, 1.54) is 11.0 Å². The topological polar surface area (TPSA) is 118 Å². The predicted molar refractivity (Wildman–Crippen MR) is 87.9 cm³/mol. The average molecular weight is 379 g/mol. The first-order valence-corrected chi connectivity index (χ1v) is 11.0. The Kier molecular flexibility index (Phi) is 5.23. The summed E-state index contributed by atoms with van der Waals surface area (Å²) in [6, 6.07) is 1.11. The van der Waals surface area contributed by atoms with Crippen LogP contribution in [-0.2, 0) is 24.7 Å². The van der Waals surface area contributed by atoms with Gasteiger partial charge in [0.2, 0.25) is 15.9 Å². The predicted octanol–water partition coefficient (Wildman–Crippen LogP) is -0.215. The van der Waals surface area contributed by atoms with Crippen LogP contribution in [-0.4, -0.2) is 70.2 Å². The number of amides is 1. The number of sulfonamides is 1. The molecule has 1 aromatic heterocycles. The maximum Gasteiger partial charge on any atom is 0.233 e. The molecule has 9 nitrogen and oxygen atoms in total. The summed E-state index contributed by atoms with van der Waals surface area (Å²) in [6.07, 6.45) is 1.35. The van der Waals surface area contributed by atoms with Gasteiger partial charge in [0.15, 0.2) is 15.7 Å². The lowest BCUT2D eigenvalue weighted by molar-refractivity contribution is -0.131. The molecule has 24 heavy (non-hydrogen) atoms. The number of aryl methyl sites for hydroxylation is 1. The third kappa shape index (κ3) is 4.47. The second-order valence-electron chi connectivity index (χ2n) is 5.94. The first-order chi connectivity index (χ1) is 11.0. The molecule has 2 heterocycles. The van der Waals surface area contributed by atoms with Crippen LogP contribution in [0.1, 0.15) is 18.6 Å². The number of anilines is 1. The minimum absolute atomic E-state index is 0.0481. The quantitative estimate of drug-likeness (QED) is 0.671. The molecule has 136 valence electrons. The van der Waals surface area contributed by atoms with Gasteiger partial charge in [0.1, 0.15) is 5.76 Å². The Morgan fingerprint density at radius 2 is 2.12 bits per heavy atom. The molecule has 0 aromatic carbocycles. The van der Waals surface area contributed by atoms with Crippen molar-refractivity contribution in [1.82, 2.24) is 10.1 Å². The second kappa shape index (κ2) is 6.71. The molecule has 1 atom stereocenters. The van der Waals surface area contributed by atoms with Crippen molar-refractivity contribution in [2.45, 2.75) is 25.8 Å². The Balaban J connectivity index is 2.03. The van der Waals surface area contributed by atoms with Crippen molar-refractivity contribution in [2.75, 3.05) is 35.7 Å². The number of carbonyl (C=O) groups excluding carboxylic acids is 1. The smallest absolute Gasteiger partial charge is 0.233 e. The van der Waals surface area contributed by atoms with Crippen LogP contribution in [0.4, 0.5) is 5.82 Å². The summed E-state index contributed by atoms with van der Waals surface area (Å²) >= 11 is 0. The zero-order chi connectivity index (χ0) is 18.1. The molecule has 0 radical (unpaired) electrons. The summed E-state index contributed by atoms with van der Waals surface area (Å²) < 4.78 is 52.7. The number of aromatic nitrogens is 1. The number of rotatable bonds is 6.